The number of benzene rings is 1. The van der Waals surface area contributed by atoms with Gasteiger partial charge < -0.3 is 10.6 Å². The summed E-state index contributed by atoms with van der Waals surface area (Å²) >= 11 is 0. The lowest BCUT2D eigenvalue weighted by Gasteiger charge is -2.29. The average Bonchev–Trinajstić information content (AvgIpc) is 2.79. The number of nitriles is 2. The number of anilines is 2. The summed E-state index contributed by atoms with van der Waals surface area (Å²) in [5.41, 5.74) is 8.57. The summed E-state index contributed by atoms with van der Waals surface area (Å²) in [6.45, 7) is 1.57. The minimum absolute atomic E-state index is 0.0880. The zero-order valence-electron chi connectivity index (χ0n) is 16.3. The number of rotatable bonds is 3. The molecule has 1 saturated heterocycles. The molecule has 0 amide bonds. The molecule has 0 saturated carbocycles. The molecule has 1 aromatic carbocycles. The van der Waals surface area contributed by atoms with E-state index < -0.39 is 5.95 Å². The number of piperidine rings is 1. The van der Waals surface area contributed by atoms with Crippen LogP contribution in [0.1, 0.15) is 30.4 Å². The molecule has 1 fully saturated rings. The first-order chi connectivity index (χ1) is 14.6. The van der Waals surface area contributed by atoms with Crippen LogP contribution < -0.4 is 10.6 Å². The van der Waals surface area contributed by atoms with Crippen molar-refractivity contribution in [2.24, 2.45) is 0 Å². The Labute approximate surface area is 174 Å². The Morgan fingerprint density at radius 3 is 2.40 bits per heavy atom. The highest BCUT2D eigenvalue weighted by atomic mass is 19.1. The third-order valence-corrected chi connectivity index (χ3v) is 5.31. The fourth-order valence-corrected chi connectivity index (χ4v) is 3.88. The van der Waals surface area contributed by atoms with Crippen molar-refractivity contribution in [1.82, 2.24) is 9.97 Å². The summed E-state index contributed by atoms with van der Waals surface area (Å²) in [6, 6.07) is 14.7. The lowest BCUT2D eigenvalue weighted by atomic mass is 9.93. The largest absolute Gasteiger partial charge is 0.383 e. The van der Waals surface area contributed by atoms with E-state index in [-0.39, 0.29) is 11.4 Å². The van der Waals surface area contributed by atoms with Gasteiger partial charge >= 0.3 is 0 Å². The minimum Gasteiger partial charge on any atom is -0.383 e. The quantitative estimate of drug-likeness (QED) is 0.661. The number of nitrogens with two attached hydrogens (primary N) is 1. The van der Waals surface area contributed by atoms with Crippen LogP contribution in [0, 0.1) is 28.6 Å². The molecule has 4 rings (SSSR count). The van der Waals surface area contributed by atoms with E-state index in [1.165, 1.54) is 6.20 Å². The molecule has 6 nitrogen and oxygen atoms in total. The fourth-order valence-electron chi connectivity index (χ4n) is 3.88. The molecule has 0 aliphatic carbocycles. The predicted molar refractivity (Wildman–Crippen MR) is 113 cm³/mol. The first-order valence-electron chi connectivity index (χ1n) is 9.74. The fraction of sp³-hybridized carbons (Fsp3) is 0.217. The van der Waals surface area contributed by atoms with Gasteiger partial charge in [-0.15, -0.1) is 0 Å². The van der Waals surface area contributed by atoms with Gasteiger partial charge in [-0.3, -0.25) is 0 Å². The Morgan fingerprint density at radius 2 is 1.70 bits per heavy atom. The minimum atomic E-state index is -0.584. The lowest BCUT2D eigenvalue weighted by Crippen LogP contribution is -2.31. The standard InChI is InChI=1S/C23H19FN6/c24-21-17(8-5-9-28-21)15-6-4-7-16(12-15)20-18(13-25)22(27)29-23(19(20)14-26)30-10-2-1-3-11-30/h4-9,12H,1-3,10-11H2,(H2,27,29). The van der Waals surface area contributed by atoms with E-state index in [0.717, 1.165) is 32.4 Å². The number of halogens is 1. The maximum Gasteiger partial charge on any atom is 0.220 e. The molecule has 148 valence electrons. The molecule has 1 aliphatic rings. The van der Waals surface area contributed by atoms with E-state index in [4.69, 9.17) is 5.73 Å². The van der Waals surface area contributed by atoms with Gasteiger partial charge in [-0.1, -0.05) is 18.2 Å². The maximum absolute atomic E-state index is 14.2. The van der Waals surface area contributed by atoms with Crippen LogP contribution in [-0.4, -0.2) is 23.1 Å². The van der Waals surface area contributed by atoms with Crippen molar-refractivity contribution >= 4 is 11.6 Å². The number of nitrogens with zero attached hydrogens (tertiary/aromatic N) is 5. The number of hydrogen-bond donors (Lipinski definition) is 1. The highest BCUT2D eigenvalue weighted by Gasteiger charge is 2.24. The van der Waals surface area contributed by atoms with E-state index in [1.807, 2.05) is 4.90 Å². The van der Waals surface area contributed by atoms with Crippen molar-refractivity contribution in [1.29, 1.82) is 10.5 Å². The van der Waals surface area contributed by atoms with Crippen molar-refractivity contribution in [3.8, 4) is 34.4 Å². The molecule has 2 N–H and O–H groups in total. The number of pyridine rings is 2. The van der Waals surface area contributed by atoms with Crippen LogP contribution in [0.5, 0.6) is 0 Å². The van der Waals surface area contributed by atoms with Crippen LogP contribution in [-0.2, 0) is 0 Å². The number of aromatic nitrogens is 2. The van der Waals surface area contributed by atoms with Crippen LogP contribution in [0.15, 0.2) is 42.6 Å². The molecule has 2 aromatic heterocycles. The molecule has 0 radical (unpaired) electrons. The van der Waals surface area contributed by atoms with Crippen molar-refractivity contribution in [2.45, 2.75) is 19.3 Å². The molecule has 1 aliphatic heterocycles. The first kappa shape index (κ1) is 19.4. The molecule has 0 atom stereocenters. The highest BCUT2D eigenvalue weighted by molar-refractivity contribution is 5.87. The Hall–Kier alpha value is -3.97. The highest BCUT2D eigenvalue weighted by Crippen LogP contribution is 2.37. The zero-order chi connectivity index (χ0) is 21.1. The summed E-state index contributed by atoms with van der Waals surface area (Å²) in [4.78, 5) is 10.2. The molecule has 0 spiro atoms. The monoisotopic (exact) mass is 398 g/mol. The van der Waals surface area contributed by atoms with E-state index in [9.17, 15) is 14.9 Å². The Morgan fingerprint density at radius 1 is 0.967 bits per heavy atom. The smallest absolute Gasteiger partial charge is 0.220 e. The van der Waals surface area contributed by atoms with Crippen LogP contribution >= 0.6 is 0 Å². The topological polar surface area (TPSA) is 103 Å². The summed E-state index contributed by atoms with van der Waals surface area (Å²) < 4.78 is 14.2. The Kier molecular flexibility index (Phi) is 5.28. The van der Waals surface area contributed by atoms with Crippen LogP contribution in [0.4, 0.5) is 16.0 Å². The van der Waals surface area contributed by atoms with Crippen molar-refractivity contribution in [3.63, 3.8) is 0 Å². The zero-order valence-corrected chi connectivity index (χ0v) is 16.3. The van der Waals surface area contributed by atoms with Gasteiger partial charge in [-0.25, -0.2) is 9.97 Å². The van der Waals surface area contributed by atoms with Gasteiger partial charge in [-0.05, 0) is 48.6 Å². The van der Waals surface area contributed by atoms with E-state index in [1.54, 1.807) is 36.4 Å². The summed E-state index contributed by atoms with van der Waals surface area (Å²) in [7, 11) is 0. The molecule has 30 heavy (non-hydrogen) atoms. The Balaban J connectivity index is 1.93. The number of hydrogen-bond acceptors (Lipinski definition) is 6. The second-order valence-corrected chi connectivity index (χ2v) is 7.14. The van der Waals surface area contributed by atoms with Gasteiger partial charge in [0.15, 0.2) is 0 Å². The maximum atomic E-state index is 14.2. The van der Waals surface area contributed by atoms with Crippen LogP contribution in [0.3, 0.4) is 0 Å². The SMILES string of the molecule is N#Cc1c(N)nc(N2CCCCC2)c(C#N)c1-c1cccc(-c2cccnc2F)c1. The van der Waals surface area contributed by atoms with Gasteiger partial charge in [0, 0.05) is 30.4 Å². The predicted octanol–water partition coefficient (Wildman–Crippen LogP) is 4.27. The third kappa shape index (κ3) is 3.42. The Bertz CT molecular complexity index is 1190. The molecule has 3 heterocycles. The summed E-state index contributed by atoms with van der Waals surface area (Å²) in [5, 5.41) is 19.7. The normalized spacial score (nSPS) is 13.5. The van der Waals surface area contributed by atoms with E-state index >= 15 is 0 Å². The van der Waals surface area contributed by atoms with Gasteiger partial charge in [-0.2, -0.15) is 14.9 Å². The van der Waals surface area contributed by atoms with Crippen LogP contribution in [0.2, 0.25) is 0 Å². The lowest BCUT2D eigenvalue weighted by molar-refractivity contribution is 0.573. The van der Waals surface area contributed by atoms with Gasteiger partial charge in [0.2, 0.25) is 5.95 Å². The summed E-state index contributed by atoms with van der Waals surface area (Å²) in [6.07, 6.45) is 4.55. The molecular formula is C23H19FN6. The van der Waals surface area contributed by atoms with Crippen LogP contribution in [0.25, 0.3) is 22.3 Å². The van der Waals surface area contributed by atoms with Gasteiger partial charge in [0.25, 0.3) is 0 Å². The van der Waals surface area contributed by atoms with E-state index in [2.05, 4.69) is 22.1 Å². The summed E-state index contributed by atoms with van der Waals surface area (Å²) in [5.74, 6) is 0.00519. The first-order valence-corrected chi connectivity index (χ1v) is 9.74. The number of nitrogen functional groups attached to an aromatic ring is 1. The van der Waals surface area contributed by atoms with Gasteiger partial charge in [0.1, 0.15) is 34.9 Å². The van der Waals surface area contributed by atoms with E-state index in [0.29, 0.717) is 33.6 Å². The third-order valence-electron chi connectivity index (χ3n) is 5.31. The van der Waals surface area contributed by atoms with Crippen molar-refractivity contribution in [3.05, 3.63) is 59.7 Å². The van der Waals surface area contributed by atoms with Crippen molar-refractivity contribution in [2.75, 3.05) is 23.7 Å². The second kappa shape index (κ2) is 8.18. The molecule has 7 heteroatoms. The molecule has 3 aromatic rings. The molecule has 0 bridgehead atoms. The molecular weight excluding hydrogens is 379 g/mol. The average molecular weight is 398 g/mol. The second-order valence-electron chi connectivity index (χ2n) is 7.14. The molecule has 0 unspecified atom stereocenters. The van der Waals surface area contributed by atoms with Crippen molar-refractivity contribution < 1.29 is 4.39 Å². The van der Waals surface area contributed by atoms with Gasteiger partial charge in [0.05, 0.1) is 0 Å².